The first-order valence-corrected chi connectivity index (χ1v) is 8.88. The number of ether oxygens (including phenoxy) is 2. The van der Waals surface area contributed by atoms with Crippen LogP contribution < -0.4 is 5.32 Å². The van der Waals surface area contributed by atoms with Crippen LogP contribution in [0.4, 0.5) is 5.69 Å². The number of esters is 1. The quantitative estimate of drug-likeness (QED) is 0.363. The number of nitrogens with zero attached hydrogens (tertiary/aromatic N) is 1. The molecule has 1 aliphatic rings. The van der Waals surface area contributed by atoms with Gasteiger partial charge in [-0.25, -0.2) is 4.79 Å². The second kappa shape index (κ2) is 9.79. The summed E-state index contributed by atoms with van der Waals surface area (Å²) in [6.07, 6.45) is 0.138. The van der Waals surface area contributed by atoms with Crippen LogP contribution in [0.2, 0.25) is 0 Å². The van der Waals surface area contributed by atoms with Crippen LogP contribution in [0.5, 0.6) is 0 Å². The van der Waals surface area contributed by atoms with Gasteiger partial charge in [0.2, 0.25) is 5.91 Å². The van der Waals surface area contributed by atoms with Crippen LogP contribution in [0.1, 0.15) is 37.7 Å². The summed E-state index contributed by atoms with van der Waals surface area (Å²) in [5, 5.41) is 22.9. The normalized spacial score (nSPS) is 18.1. The molecular weight excluding hydrogens is 372 g/mol. The third-order valence-electron chi connectivity index (χ3n) is 4.41. The molecule has 1 aromatic rings. The maximum atomic E-state index is 12.3. The molecule has 1 heterocycles. The molecule has 1 amide bonds. The minimum Gasteiger partial charge on any atom is -0.480 e. The first kappa shape index (κ1) is 21.3. The van der Waals surface area contributed by atoms with Crippen LogP contribution in [0.25, 0.3) is 0 Å². The van der Waals surface area contributed by atoms with Crippen molar-refractivity contribution in [3.63, 3.8) is 0 Å². The van der Waals surface area contributed by atoms with Gasteiger partial charge in [-0.1, -0.05) is 12.1 Å². The Morgan fingerprint density at radius 1 is 1.36 bits per heavy atom. The molecule has 3 atom stereocenters. The van der Waals surface area contributed by atoms with Gasteiger partial charge in [-0.2, -0.15) is 0 Å². The van der Waals surface area contributed by atoms with E-state index in [-0.39, 0.29) is 18.7 Å². The Morgan fingerprint density at radius 2 is 2.04 bits per heavy atom. The van der Waals surface area contributed by atoms with Gasteiger partial charge in [0.05, 0.1) is 18.0 Å². The van der Waals surface area contributed by atoms with Crippen molar-refractivity contribution in [2.45, 2.75) is 44.2 Å². The van der Waals surface area contributed by atoms with Gasteiger partial charge in [0.15, 0.2) is 0 Å². The maximum Gasteiger partial charge on any atom is 0.326 e. The van der Waals surface area contributed by atoms with E-state index in [0.29, 0.717) is 25.0 Å². The molecule has 0 saturated carbocycles. The summed E-state index contributed by atoms with van der Waals surface area (Å²) in [7, 11) is 0. The Morgan fingerprint density at radius 3 is 2.54 bits per heavy atom. The minimum absolute atomic E-state index is 0.117. The van der Waals surface area contributed by atoms with Crippen LogP contribution in [0.3, 0.4) is 0 Å². The Labute approximate surface area is 161 Å². The molecule has 1 fully saturated rings. The fourth-order valence-corrected chi connectivity index (χ4v) is 3.04. The van der Waals surface area contributed by atoms with E-state index in [1.54, 1.807) is 6.92 Å². The number of hydrogen-bond donors (Lipinski definition) is 2. The number of non-ortho nitro benzene ring substituents is 1. The summed E-state index contributed by atoms with van der Waals surface area (Å²) in [4.78, 5) is 46.5. The Kier molecular flexibility index (Phi) is 7.44. The van der Waals surface area contributed by atoms with Gasteiger partial charge in [-0.15, -0.1) is 0 Å². The van der Waals surface area contributed by atoms with Crippen LogP contribution in [-0.2, 0) is 23.9 Å². The predicted molar refractivity (Wildman–Crippen MR) is 95.6 cm³/mol. The van der Waals surface area contributed by atoms with Gasteiger partial charge < -0.3 is 19.9 Å². The van der Waals surface area contributed by atoms with Crippen LogP contribution >= 0.6 is 0 Å². The van der Waals surface area contributed by atoms with E-state index in [4.69, 9.17) is 9.47 Å². The second-order valence-corrected chi connectivity index (χ2v) is 6.29. The van der Waals surface area contributed by atoms with Crippen molar-refractivity contribution in [1.29, 1.82) is 0 Å². The van der Waals surface area contributed by atoms with E-state index in [9.17, 15) is 29.6 Å². The molecule has 1 aliphatic heterocycles. The zero-order valence-corrected chi connectivity index (χ0v) is 15.3. The molecule has 10 heteroatoms. The predicted octanol–water partition coefficient (Wildman–Crippen LogP) is 1.38. The SMILES string of the molecule is CCOC(=O)C[C@H](c1ccc([N+](=O)[O-])cc1)[C@@H](NC(=O)[C@H]1CCCO1)C(=O)O. The molecule has 2 rings (SSSR count). The van der Waals surface area contributed by atoms with Crippen LogP contribution in [-0.4, -0.2) is 53.2 Å². The number of nitro benzene ring substituents is 1. The van der Waals surface area contributed by atoms with Crippen molar-refractivity contribution in [3.8, 4) is 0 Å². The molecule has 1 saturated heterocycles. The highest BCUT2D eigenvalue weighted by Gasteiger charge is 2.36. The highest BCUT2D eigenvalue weighted by Crippen LogP contribution is 2.27. The lowest BCUT2D eigenvalue weighted by molar-refractivity contribution is -0.384. The first-order valence-electron chi connectivity index (χ1n) is 8.88. The summed E-state index contributed by atoms with van der Waals surface area (Å²) >= 11 is 0. The van der Waals surface area contributed by atoms with Crippen molar-refractivity contribution in [2.24, 2.45) is 0 Å². The van der Waals surface area contributed by atoms with Gasteiger partial charge in [0.1, 0.15) is 12.1 Å². The lowest BCUT2D eigenvalue weighted by Gasteiger charge is -2.25. The Balaban J connectivity index is 2.29. The number of hydrogen-bond acceptors (Lipinski definition) is 7. The molecule has 10 nitrogen and oxygen atoms in total. The molecule has 0 aliphatic carbocycles. The molecule has 0 spiro atoms. The number of rotatable bonds is 9. The van der Waals surface area contributed by atoms with Gasteiger partial charge >= 0.3 is 11.9 Å². The Hall–Kier alpha value is -3.01. The number of aliphatic carboxylic acids is 1. The second-order valence-electron chi connectivity index (χ2n) is 6.29. The number of amides is 1. The van der Waals surface area contributed by atoms with E-state index in [2.05, 4.69) is 5.32 Å². The van der Waals surface area contributed by atoms with E-state index in [1.807, 2.05) is 0 Å². The van der Waals surface area contributed by atoms with Crippen molar-refractivity contribution < 1.29 is 33.9 Å². The third kappa shape index (κ3) is 5.49. The summed E-state index contributed by atoms with van der Waals surface area (Å²) in [6.45, 7) is 2.16. The lowest BCUT2D eigenvalue weighted by atomic mass is 9.88. The zero-order valence-electron chi connectivity index (χ0n) is 15.3. The number of carboxylic acid groups (broad SMARTS) is 1. The number of carbonyl (C=O) groups is 3. The van der Waals surface area contributed by atoms with Crippen molar-refractivity contribution >= 4 is 23.5 Å². The summed E-state index contributed by atoms with van der Waals surface area (Å²) in [5.74, 6) is -3.51. The average molecular weight is 394 g/mol. The largest absolute Gasteiger partial charge is 0.480 e. The Bertz CT molecular complexity index is 728. The van der Waals surface area contributed by atoms with Gasteiger partial charge in [0, 0.05) is 24.7 Å². The zero-order chi connectivity index (χ0) is 20.7. The van der Waals surface area contributed by atoms with Gasteiger partial charge in [-0.3, -0.25) is 19.7 Å². The molecule has 0 radical (unpaired) electrons. The lowest BCUT2D eigenvalue weighted by Crippen LogP contribution is -2.49. The van der Waals surface area contributed by atoms with E-state index in [0.717, 1.165) is 0 Å². The van der Waals surface area contributed by atoms with Gasteiger partial charge in [-0.05, 0) is 25.3 Å². The van der Waals surface area contributed by atoms with Crippen LogP contribution in [0, 0.1) is 10.1 Å². The molecule has 0 unspecified atom stereocenters. The number of carbonyl (C=O) groups excluding carboxylic acids is 2. The topological polar surface area (TPSA) is 145 Å². The fraction of sp³-hybridized carbons (Fsp3) is 0.500. The number of nitrogens with one attached hydrogen (secondary N) is 1. The molecule has 1 aromatic carbocycles. The highest BCUT2D eigenvalue weighted by atomic mass is 16.6. The number of benzene rings is 1. The van der Waals surface area contributed by atoms with Gasteiger partial charge in [0.25, 0.3) is 5.69 Å². The van der Waals surface area contributed by atoms with Crippen molar-refractivity contribution in [3.05, 3.63) is 39.9 Å². The summed E-state index contributed by atoms with van der Waals surface area (Å²) < 4.78 is 10.2. The summed E-state index contributed by atoms with van der Waals surface area (Å²) in [5.41, 5.74) is 0.188. The molecule has 28 heavy (non-hydrogen) atoms. The van der Waals surface area contributed by atoms with Crippen LogP contribution in [0.15, 0.2) is 24.3 Å². The van der Waals surface area contributed by atoms with E-state index < -0.39 is 40.8 Å². The first-order chi connectivity index (χ1) is 13.3. The summed E-state index contributed by atoms with van der Waals surface area (Å²) in [6, 6.07) is 3.75. The number of carboxylic acids is 1. The van der Waals surface area contributed by atoms with Crippen molar-refractivity contribution in [2.75, 3.05) is 13.2 Å². The van der Waals surface area contributed by atoms with E-state index >= 15 is 0 Å². The smallest absolute Gasteiger partial charge is 0.326 e. The molecule has 0 aromatic heterocycles. The number of nitro groups is 1. The fourth-order valence-electron chi connectivity index (χ4n) is 3.04. The average Bonchev–Trinajstić information content (AvgIpc) is 3.19. The molecule has 152 valence electrons. The molecule has 2 N–H and O–H groups in total. The third-order valence-corrected chi connectivity index (χ3v) is 4.41. The monoisotopic (exact) mass is 394 g/mol. The van der Waals surface area contributed by atoms with Crippen molar-refractivity contribution in [1.82, 2.24) is 5.32 Å². The van der Waals surface area contributed by atoms with E-state index in [1.165, 1.54) is 24.3 Å². The standard InChI is InChI=1S/C18H22N2O8/c1-2-27-15(21)10-13(11-5-7-12(8-6-11)20(25)26)16(18(23)24)19-17(22)14-4-3-9-28-14/h5-8,13-14,16H,2-4,9-10H2,1H3,(H,19,22)(H,23,24)/t13-,14-,16-/m1/s1. The molecule has 0 bridgehead atoms. The maximum absolute atomic E-state index is 12.3. The molecular formula is C18H22N2O8. The minimum atomic E-state index is -1.43. The highest BCUT2D eigenvalue weighted by molar-refractivity contribution is 5.87.